The van der Waals surface area contributed by atoms with E-state index in [1.165, 1.54) is 60.4 Å². The fourth-order valence-electron chi connectivity index (χ4n) is 8.95. The summed E-state index contributed by atoms with van der Waals surface area (Å²) in [6.45, 7) is 0. The molecule has 10 aromatic carbocycles. The lowest BCUT2D eigenvalue weighted by molar-refractivity contribution is 1.18. The second-order valence-corrected chi connectivity index (χ2v) is 15.3. The van der Waals surface area contributed by atoms with Crippen molar-refractivity contribution in [3.05, 3.63) is 243 Å². The Balaban J connectivity index is 1.21. The number of rotatable bonds is 8. The Kier molecular flexibility index (Phi) is 8.87. The first kappa shape index (κ1) is 35.2. The molecule has 0 unspecified atom stereocenters. The third kappa shape index (κ3) is 6.23. The highest BCUT2D eigenvalue weighted by atomic mass is 15.1. The quantitative estimate of drug-likeness (QED) is 0.150. The van der Waals surface area contributed by atoms with Gasteiger partial charge in [-0.1, -0.05) is 200 Å². The predicted octanol–water partition coefficient (Wildman–Crippen LogP) is 16.1. The van der Waals surface area contributed by atoms with Crippen LogP contribution in [0.4, 0.5) is 17.1 Å². The highest BCUT2D eigenvalue weighted by Crippen LogP contribution is 2.47. The van der Waals surface area contributed by atoms with Crippen LogP contribution in [-0.2, 0) is 0 Å². The van der Waals surface area contributed by atoms with Crippen LogP contribution in [0.3, 0.4) is 0 Å². The molecule has 0 spiro atoms. The Labute approximate surface area is 350 Å². The lowest BCUT2D eigenvalue weighted by Crippen LogP contribution is -2.12. The van der Waals surface area contributed by atoms with E-state index in [1.807, 2.05) is 0 Å². The van der Waals surface area contributed by atoms with Gasteiger partial charge in [-0.25, -0.2) is 0 Å². The Morgan fingerprint density at radius 3 is 1.52 bits per heavy atom. The lowest BCUT2D eigenvalue weighted by Gasteiger charge is -2.30. The van der Waals surface area contributed by atoms with Crippen LogP contribution in [-0.4, -0.2) is 4.57 Å². The largest absolute Gasteiger partial charge is 0.309 e. The molecule has 1 aromatic heterocycles. The van der Waals surface area contributed by atoms with E-state index in [-0.39, 0.29) is 0 Å². The van der Waals surface area contributed by atoms with Crippen LogP contribution in [0.25, 0.3) is 82.8 Å². The molecular formula is C58H40N2. The smallest absolute Gasteiger partial charge is 0.0562 e. The molecule has 0 radical (unpaired) electrons. The maximum atomic E-state index is 2.48. The molecule has 2 nitrogen and oxygen atoms in total. The molecule has 0 N–H and O–H groups in total. The second-order valence-electron chi connectivity index (χ2n) is 15.3. The number of para-hydroxylation sites is 1. The summed E-state index contributed by atoms with van der Waals surface area (Å²) in [6, 6.07) is 88.1. The fourth-order valence-corrected chi connectivity index (χ4v) is 8.95. The van der Waals surface area contributed by atoms with Gasteiger partial charge in [-0.15, -0.1) is 0 Å². The predicted molar refractivity (Wildman–Crippen MR) is 255 cm³/mol. The second kappa shape index (κ2) is 15.1. The summed E-state index contributed by atoms with van der Waals surface area (Å²) in [6.07, 6.45) is 0. The first-order chi connectivity index (χ1) is 29.8. The zero-order chi connectivity index (χ0) is 39.8. The summed E-state index contributed by atoms with van der Waals surface area (Å²) in [5.74, 6) is 0. The average Bonchev–Trinajstić information content (AvgIpc) is 3.66. The molecule has 0 saturated heterocycles. The van der Waals surface area contributed by atoms with Crippen molar-refractivity contribution in [2.45, 2.75) is 0 Å². The molecule has 282 valence electrons. The minimum Gasteiger partial charge on any atom is -0.309 e. The molecular weight excluding hydrogens is 725 g/mol. The Hall–Kier alpha value is -7.94. The van der Waals surface area contributed by atoms with Gasteiger partial charge in [-0.05, 0) is 81.2 Å². The van der Waals surface area contributed by atoms with Crippen LogP contribution in [0.2, 0.25) is 0 Å². The molecule has 0 amide bonds. The summed E-state index contributed by atoms with van der Waals surface area (Å²) in [4.78, 5) is 2.48. The number of aromatic nitrogens is 1. The molecule has 0 aliphatic heterocycles. The van der Waals surface area contributed by atoms with Crippen molar-refractivity contribution in [1.82, 2.24) is 4.57 Å². The van der Waals surface area contributed by atoms with Gasteiger partial charge in [0, 0.05) is 33.0 Å². The molecule has 0 bridgehead atoms. The number of anilines is 3. The zero-order valence-electron chi connectivity index (χ0n) is 33.0. The van der Waals surface area contributed by atoms with Gasteiger partial charge >= 0.3 is 0 Å². The molecule has 11 aromatic rings. The molecule has 0 saturated carbocycles. The van der Waals surface area contributed by atoms with Gasteiger partial charge in [-0.2, -0.15) is 0 Å². The monoisotopic (exact) mass is 764 g/mol. The highest BCUT2D eigenvalue weighted by molar-refractivity contribution is 6.12. The maximum Gasteiger partial charge on any atom is 0.0562 e. The molecule has 2 heteroatoms. The molecule has 0 aliphatic carbocycles. The molecule has 11 rings (SSSR count). The van der Waals surface area contributed by atoms with Crippen molar-refractivity contribution in [2.75, 3.05) is 4.90 Å². The van der Waals surface area contributed by atoms with Gasteiger partial charge < -0.3 is 9.47 Å². The summed E-state index contributed by atoms with van der Waals surface area (Å²) in [5.41, 5.74) is 16.2. The van der Waals surface area contributed by atoms with Gasteiger partial charge in [0.25, 0.3) is 0 Å². The number of nitrogens with zero attached hydrogens (tertiary/aromatic N) is 2. The summed E-state index contributed by atoms with van der Waals surface area (Å²) in [7, 11) is 0. The van der Waals surface area contributed by atoms with E-state index in [1.54, 1.807) is 0 Å². The summed E-state index contributed by atoms with van der Waals surface area (Å²) in [5, 5.41) is 4.81. The van der Waals surface area contributed by atoms with E-state index in [0.717, 1.165) is 39.4 Å². The average molecular weight is 765 g/mol. The SMILES string of the molecule is c1ccc(-c2ccc(-n3c4ccccc4c4ccc(N(c5cc(-c6ccccc6)ccc5-c5ccccc5)c5cccc6ccccc56)cc43)c(-c3ccccc3)c2)cc1. The van der Waals surface area contributed by atoms with Gasteiger partial charge in [0.2, 0.25) is 0 Å². The normalized spacial score (nSPS) is 11.3. The van der Waals surface area contributed by atoms with Gasteiger partial charge in [-0.3, -0.25) is 0 Å². The van der Waals surface area contributed by atoms with Crippen molar-refractivity contribution in [2.24, 2.45) is 0 Å². The Morgan fingerprint density at radius 2 is 0.817 bits per heavy atom. The third-order valence-electron chi connectivity index (χ3n) is 11.8. The van der Waals surface area contributed by atoms with Gasteiger partial charge in [0.05, 0.1) is 28.1 Å². The molecule has 0 aliphatic rings. The van der Waals surface area contributed by atoms with Crippen LogP contribution in [0.1, 0.15) is 0 Å². The van der Waals surface area contributed by atoms with Crippen LogP contribution >= 0.6 is 0 Å². The van der Waals surface area contributed by atoms with E-state index in [4.69, 9.17) is 0 Å². The maximum absolute atomic E-state index is 2.48. The Bertz CT molecular complexity index is 3290. The van der Waals surface area contributed by atoms with Gasteiger partial charge in [0.15, 0.2) is 0 Å². The topological polar surface area (TPSA) is 8.17 Å². The van der Waals surface area contributed by atoms with Crippen molar-refractivity contribution < 1.29 is 0 Å². The minimum absolute atomic E-state index is 1.08. The summed E-state index contributed by atoms with van der Waals surface area (Å²) >= 11 is 0. The van der Waals surface area contributed by atoms with E-state index >= 15 is 0 Å². The number of fused-ring (bicyclic) bond motifs is 4. The van der Waals surface area contributed by atoms with E-state index in [2.05, 4.69) is 252 Å². The third-order valence-corrected chi connectivity index (χ3v) is 11.8. The number of hydrogen-bond donors (Lipinski definition) is 0. The van der Waals surface area contributed by atoms with E-state index < -0.39 is 0 Å². The van der Waals surface area contributed by atoms with Crippen molar-refractivity contribution in [3.8, 4) is 50.2 Å². The molecule has 60 heavy (non-hydrogen) atoms. The van der Waals surface area contributed by atoms with Crippen molar-refractivity contribution in [1.29, 1.82) is 0 Å². The standard InChI is InChI=1S/C58H40N2/c1-5-18-41(19-6-1)46-33-37-56(53(38-46)45-24-11-4-12-25-45)60-55-30-16-15-29-51(55)52-36-34-48(40-58(52)60)59(54-31-17-27-44-26-13-14-28-49(44)54)57-39-47(42-20-7-2-8-21-42)32-35-50(57)43-22-9-3-10-23-43/h1-40H. The van der Waals surface area contributed by atoms with Crippen molar-refractivity contribution >= 4 is 49.6 Å². The summed E-state index contributed by atoms with van der Waals surface area (Å²) < 4.78 is 2.48. The minimum atomic E-state index is 1.08. The van der Waals surface area contributed by atoms with Crippen molar-refractivity contribution in [3.63, 3.8) is 0 Å². The van der Waals surface area contributed by atoms with Gasteiger partial charge in [0.1, 0.15) is 0 Å². The molecule has 0 fully saturated rings. The molecule has 0 atom stereocenters. The molecule has 1 heterocycles. The highest BCUT2D eigenvalue weighted by Gasteiger charge is 2.23. The van der Waals surface area contributed by atoms with E-state index in [9.17, 15) is 0 Å². The fraction of sp³-hybridized carbons (Fsp3) is 0. The zero-order valence-corrected chi connectivity index (χ0v) is 33.0. The first-order valence-corrected chi connectivity index (χ1v) is 20.6. The van der Waals surface area contributed by atoms with Crippen LogP contribution < -0.4 is 4.90 Å². The first-order valence-electron chi connectivity index (χ1n) is 20.6. The number of benzene rings is 10. The van der Waals surface area contributed by atoms with E-state index in [0.29, 0.717) is 0 Å². The van der Waals surface area contributed by atoms with Crippen LogP contribution in [0.5, 0.6) is 0 Å². The van der Waals surface area contributed by atoms with Crippen LogP contribution in [0.15, 0.2) is 243 Å². The number of hydrogen-bond acceptors (Lipinski definition) is 1. The lowest BCUT2D eigenvalue weighted by atomic mass is 9.96. The Morgan fingerprint density at radius 1 is 0.283 bits per heavy atom. The van der Waals surface area contributed by atoms with Crippen LogP contribution in [0, 0.1) is 0 Å².